The van der Waals surface area contributed by atoms with Crippen molar-refractivity contribution in [1.29, 1.82) is 0 Å². The molecule has 0 aliphatic carbocycles. The van der Waals surface area contributed by atoms with Gasteiger partial charge >= 0.3 is 5.97 Å². The maximum absolute atomic E-state index is 11.0. The minimum absolute atomic E-state index is 0.376. The smallest absolute Gasteiger partial charge is 0.316 e. The summed E-state index contributed by atoms with van der Waals surface area (Å²) in [5, 5.41) is 8.64. The summed E-state index contributed by atoms with van der Waals surface area (Å²) in [5.74, 6) is 0.486. The number of anilines is 1. The van der Waals surface area contributed by atoms with Gasteiger partial charge in [0.2, 0.25) is 0 Å². The molecular weight excluding hydrogens is 452 g/mol. The molecule has 1 heterocycles. The van der Waals surface area contributed by atoms with E-state index < -0.39 is 11.2 Å². The van der Waals surface area contributed by atoms with Gasteiger partial charge in [0.05, 0.1) is 10.9 Å². The van der Waals surface area contributed by atoms with Crippen molar-refractivity contribution in [3.63, 3.8) is 0 Å². The van der Waals surface area contributed by atoms with E-state index >= 15 is 0 Å². The van der Waals surface area contributed by atoms with E-state index in [1.807, 2.05) is 18.3 Å². The third-order valence-corrected chi connectivity index (χ3v) is 7.75. The third kappa shape index (κ3) is 7.35. The first-order chi connectivity index (χ1) is 16.8. The number of aliphatic carboxylic acids is 1. The van der Waals surface area contributed by atoms with E-state index in [4.69, 9.17) is 5.11 Å². The topological polar surface area (TPSA) is 53.4 Å². The van der Waals surface area contributed by atoms with Crippen LogP contribution in [0.2, 0.25) is 0 Å². The number of rotatable bonds is 12. The second kappa shape index (κ2) is 12.8. The second-order valence-corrected chi connectivity index (χ2v) is 10.7. The zero-order valence-corrected chi connectivity index (χ0v) is 22.4. The average molecular weight is 491 g/mol. The molecule has 0 radical (unpaired) electrons. The predicted molar refractivity (Wildman–Crippen MR) is 149 cm³/mol. The Morgan fingerprint density at radius 1 is 0.971 bits per heavy atom. The summed E-state index contributed by atoms with van der Waals surface area (Å²) < 4.78 is 0. The fourth-order valence-electron chi connectivity index (χ4n) is 4.27. The molecule has 2 aromatic carbocycles. The molecule has 0 aliphatic rings. The van der Waals surface area contributed by atoms with Gasteiger partial charge in [0.25, 0.3) is 0 Å². The van der Waals surface area contributed by atoms with Gasteiger partial charge in [0.1, 0.15) is 0 Å². The monoisotopic (exact) mass is 490 g/mol. The maximum Gasteiger partial charge on any atom is 0.316 e. The van der Waals surface area contributed by atoms with Crippen molar-refractivity contribution < 1.29 is 9.90 Å². The molecule has 1 unspecified atom stereocenters. The van der Waals surface area contributed by atoms with Gasteiger partial charge in [-0.2, -0.15) is 0 Å². The van der Waals surface area contributed by atoms with Crippen molar-refractivity contribution in [2.75, 3.05) is 4.90 Å². The Balaban J connectivity index is 1.73. The lowest BCUT2D eigenvalue weighted by Crippen LogP contribution is -2.30. The highest BCUT2D eigenvalue weighted by Crippen LogP contribution is 2.28. The molecule has 1 N–H and O–H groups in total. The zero-order valence-electron chi connectivity index (χ0n) is 21.6. The molecule has 3 aromatic rings. The van der Waals surface area contributed by atoms with E-state index in [0.29, 0.717) is 17.7 Å². The molecule has 0 saturated heterocycles. The second-order valence-electron chi connectivity index (χ2n) is 9.37. The molecule has 35 heavy (non-hydrogen) atoms. The predicted octanol–water partition coefficient (Wildman–Crippen LogP) is 7.77. The molecule has 4 nitrogen and oxygen atoms in total. The van der Waals surface area contributed by atoms with E-state index in [2.05, 4.69) is 86.1 Å². The van der Waals surface area contributed by atoms with Gasteiger partial charge in [-0.15, -0.1) is 11.8 Å². The van der Waals surface area contributed by atoms with Crippen LogP contribution < -0.4 is 4.90 Å². The lowest BCUT2D eigenvalue weighted by Gasteiger charge is -2.30. The van der Waals surface area contributed by atoms with Gasteiger partial charge < -0.3 is 10.0 Å². The molecule has 1 atom stereocenters. The molecular formula is C30H38N2O2S. The summed E-state index contributed by atoms with van der Waals surface area (Å²) in [4.78, 5) is 18.1. The first-order valence-corrected chi connectivity index (χ1v) is 13.6. The van der Waals surface area contributed by atoms with Crippen LogP contribution in [0.25, 0.3) is 11.3 Å². The van der Waals surface area contributed by atoms with Crippen LogP contribution in [0, 0.1) is 0 Å². The molecule has 0 aliphatic heterocycles. The van der Waals surface area contributed by atoms with Crippen molar-refractivity contribution >= 4 is 23.4 Å². The fraction of sp³-hybridized carbons (Fsp3) is 0.400. The maximum atomic E-state index is 11.0. The Labute approximate surface area is 214 Å². The van der Waals surface area contributed by atoms with Gasteiger partial charge in [0, 0.05) is 35.8 Å². The minimum Gasteiger partial charge on any atom is -0.480 e. The Morgan fingerprint density at radius 3 is 2.26 bits per heavy atom. The molecule has 1 aromatic heterocycles. The van der Waals surface area contributed by atoms with Crippen LogP contribution in [-0.4, -0.2) is 27.4 Å². The number of nitrogens with zero attached hydrogens (tertiary/aromatic N) is 2. The van der Waals surface area contributed by atoms with E-state index in [-0.39, 0.29) is 0 Å². The number of hydrogen-bond donors (Lipinski definition) is 1. The number of carboxylic acids is 1. The lowest BCUT2D eigenvalue weighted by atomic mass is 9.94. The van der Waals surface area contributed by atoms with Gasteiger partial charge in [-0.05, 0) is 80.5 Å². The number of carboxylic acid groups (broad SMARTS) is 1. The Morgan fingerprint density at radius 2 is 1.69 bits per heavy atom. The lowest BCUT2D eigenvalue weighted by molar-refractivity contribution is -0.136. The number of carbonyl (C=O) groups is 1. The van der Waals surface area contributed by atoms with Gasteiger partial charge in [-0.25, -0.2) is 0 Å². The standard InChI is InChI=1S/C30H38N2O2S/c1-6-25(7-2)26-12-14-28(15-13-26)32(21(3)4)19-23-9-8-10-27(17-23)29-16-11-24(18-31-29)20-35-22(5)30(33)34/h8-18,21-22,25H,6-7,19-20H2,1-5H3,(H,33,34). The van der Waals surface area contributed by atoms with Crippen LogP contribution in [0.4, 0.5) is 5.69 Å². The zero-order chi connectivity index (χ0) is 25.4. The van der Waals surface area contributed by atoms with E-state index in [1.54, 1.807) is 6.92 Å². The van der Waals surface area contributed by atoms with Gasteiger partial charge in [-0.3, -0.25) is 9.78 Å². The molecule has 3 rings (SSSR count). The van der Waals surface area contributed by atoms with Crippen LogP contribution in [0.1, 0.15) is 70.1 Å². The SMILES string of the molecule is CCC(CC)c1ccc(N(Cc2cccc(-c3ccc(CSC(C)C(=O)O)cn3)c2)C(C)C)cc1. The molecule has 5 heteroatoms. The molecule has 0 spiro atoms. The molecule has 0 saturated carbocycles. The third-order valence-electron chi connectivity index (χ3n) is 6.55. The highest BCUT2D eigenvalue weighted by Gasteiger charge is 2.14. The first kappa shape index (κ1) is 26.8. The Hall–Kier alpha value is -2.79. The summed E-state index contributed by atoms with van der Waals surface area (Å²) in [6, 6.07) is 22.1. The van der Waals surface area contributed by atoms with Crippen LogP contribution >= 0.6 is 11.8 Å². The first-order valence-electron chi connectivity index (χ1n) is 12.6. The highest BCUT2D eigenvalue weighted by atomic mass is 32.2. The summed E-state index contributed by atoms with van der Waals surface area (Å²) >= 11 is 1.41. The fourth-order valence-corrected chi connectivity index (χ4v) is 5.02. The van der Waals surface area contributed by atoms with E-state index in [9.17, 15) is 4.79 Å². The minimum atomic E-state index is -0.783. The summed E-state index contributed by atoms with van der Waals surface area (Å²) in [6.07, 6.45) is 4.20. The van der Waals surface area contributed by atoms with Crippen LogP contribution in [-0.2, 0) is 17.1 Å². The summed E-state index contributed by atoms with van der Waals surface area (Å²) in [6.45, 7) is 11.5. The number of benzene rings is 2. The Kier molecular flexibility index (Phi) is 9.79. The summed E-state index contributed by atoms with van der Waals surface area (Å²) in [7, 11) is 0. The number of aromatic nitrogens is 1. The quantitative estimate of drug-likeness (QED) is 0.281. The molecule has 0 amide bonds. The van der Waals surface area contributed by atoms with E-state index in [1.165, 1.54) is 41.4 Å². The van der Waals surface area contributed by atoms with E-state index in [0.717, 1.165) is 23.4 Å². The number of pyridine rings is 1. The van der Waals surface area contributed by atoms with Crippen LogP contribution in [0.5, 0.6) is 0 Å². The normalized spacial score (nSPS) is 12.2. The van der Waals surface area contributed by atoms with Crippen molar-refractivity contribution in [2.45, 2.75) is 77.0 Å². The average Bonchev–Trinajstić information content (AvgIpc) is 2.87. The molecule has 186 valence electrons. The van der Waals surface area contributed by atoms with Crippen molar-refractivity contribution in [3.8, 4) is 11.3 Å². The largest absolute Gasteiger partial charge is 0.480 e. The van der Waals surface area contributed by atoms with Crippen molar-refractivity contribution in [2.24, 2.45) is 0 Å². The summed E-state index contributed by atoms with van der Waals surface area (Å²) in [5.41, 5.74) is 6.97. The van der Waals surface area contributed by atoms with Crippen LogP contribution in [0.15, 0.2) is 66.9 Å². The molecule has 0 fully saturated rings. The van der Waals surface area contributed by atoms with Crippen molar-refractivity contribution in [3.05, 3.63) is 83.6 Å². The molecule has 0 bridgehead atoms. The highest BCUT2D eigenvalue weighted by molar-refractivity contribution is 7.99. The van der Waals surface area contributed by atoms with Crippen molar-refractivity contribution in [1.82, 2.24) is 4.98 Å². The number of thioether (sulfide) groups is 1. The van der Waals surface area contributed by atoms with Gasteiger partial charge in [-0.1, -0.05) is 50.2 Å². The van der Waals surface area contributed by atoms with Crippen LogP contribution in [0.3, 0.4) is 0 Å². The Bertz CT molecular complexity index is 1080. The van der Waals surface area contributed by atoms with Gasteiger partial charge in [0.15, 0.2) is 0 Å². The number of hydrogen-bond acceptors (Lipinski definition) is 4.